The van der Waals surface area contributed by atoms with E-state index in [9.17, 15) is 9.59 Å². The van der Waals surface area contributed by atoms with E-state index < -0.39 is 0 Å². The zero-order valence-corrected chi connectivity index (χ0v) is 13.6. The molecule has 2 amide bonds. The van der Waals surface area contributed by atoms with Gasteiger partial charge in [0.05, 0.1) is 5.69 Å². The van der Waals surface area contributed by atoms with Crippen LogP contribution in [0.15, 0.2) is 60.7 Å². The maximum atomic E-state index is 12.8. The number of rotatable bonds is 1. The average Bonchev–Trinajstić information content (AvgIpc) is 2.53. The lowest BCUT2D eigenvalue weighted by Gasteiger charge is -2.27. The van der Waals surface area contributed by atoms with Gasteiger partial charge in [-0.3, -0.25) is 9.59 Å². The fourth-order valence-electron chi connectivity index (χ4n) is 2.88. The molecule has 0 aromatic heterocycles. The molecule has 1 heterocycles. The molecule has 0 unspecified atom stereocenters. The first-order valence-corrected chi connectivity index (χ1v) is 7.91. The van der Waals surface area contributed by atoms with Crippen LogP contribution >= 0.6 is 22.6 Å². The van der Waals surface area contributed by atoms with E-state index in [0.717, 1.165) is 14.3 Å². The van der Waals surface area contributed by atoms with Crippen LogP contribution in [0.4, 0.5) is 5.69 Å². The Kier molecular flexibility index (Phi) is 3.00. The summed E-state index contributed by atoms with van der Waals surface area (Å²) < 4.78 is 0.979. The molecule has 0 N–H and O–H groups in total. The normalized spacial score (nSPS) is 13.8. The highest BCUT2D eigenvalue weighted by Gasteiger charge is 2.33. The van der Waals surface area contributed by atoms with E-state index in [1.807, 2.05) is 42.5 Å². The number of hydrogen-bond acceptors (Lipinski definition) is 2. The van der Waals surface area contributed by atoms with Gasteiger partial charge in [0.1, 0.15) is 0 Å². The fraction of sp³-hybridized carbons (Fsp3) is 0. The summed E-state index contributed by atoms with van der Waals surface area (Å²) in [5.74, 6) is -0.535. The first kappa shape index (κ1) is 13.5. The van der Waals surface area contributed by atoms with Gasteiger partial charge in [0.15, 0.2) is 0 Å². The average molecular weight is 399 g/mol. The summed E-state index contributed by atoms with van der Waals surface area (Å²) in [5.41, 5.74) is 1.76. The molecule has 4 heteroatoms. The molecule has 3 aromatic rings. The molecule has 0 fully saturated rings. The molecule has 0 saturated carbocycles. The van der Waals surface area contributed by atoms with Crippen molar-refractivity contribution in [3.05, 3.63) is 75.4 Å². The molecule has 4 rings (SSSR count). The Labute approximate surface area is 140 Å². The van der Waals surface area contributed by atoms with Gasteiger partial charge in [0.2, 0.25) is 0 Å². The van der Waals surface area contributed by atoms with E-state index in [0.29, 0.717) is 16.8 Å². The lowest BCUT2D eigenvalue weighted by atomic mass is 9.94. The number of carbonyl (C=O) groups is 2. The highest BCUT2D eigenvalue weighted by Crippen LogP contribution is 2.32. The highest BCUT2D eigenvalue weighted by molar-refractivity contribution is 14.1. The van der Waals surface area contributed by atoms with Crippen molar-refractivity contribution in [3.8, 4) is 0 Å². The van der Waals surface area contributed by atoms with E-state index in [2.05, 4.69) is 22.6 Å². The molecule has 0 atom stereocenters. The number of anilines is 1. The minimum absolute atomic E-state index is 0.267. The van der Waals surface area contributed by atoms with Gasteiger partial charge >= 0.3 is 0 Å². The van der Waals surface area contributed by atoms with Crippen LogP contribution in [0.5, 0.6) is 0 Å². The molecule has 0 radical (unpaired) electrons. The van der Waals surface area contributed by atoms with Crippen LogP contribution in [0.2, 0.25) is 0 Å². The summed E-state index contributed by atoms with van der Waals surface area (Å²) in [6, 6.07) is 18.5. The molecule has 3 nitrogen and oxygen atoms in total. The van der Waals surface area contributed by atoms with Crippen LogP contribution in [0.1, 0.15) is 20.7 Å². The number of carbonyl (C=O) groups excluding carboxylic acids is 2. The number of hydrogen-bond donors (Lipinski definition) is 0. The van der Waals surface area contributed by atoms with Gasteiger partial charge in [0.25, 0.3) is 11.8 Å². The van der Waals surface area contributed by atoms with E-state index in [4.69, 9.17) is 0 Å². The van der Waals surface area contributed by atoms with Crippen LogP contribution in [0.3, 0.4) is 0 Å². The second kappa shape index (κ2) is 4.91. The van der Waals surface area contributed by atoms with Crippen LogP contribution in [0, 0.1) is 3.57 Å². The van der Waals surface area contributed by atoms with Crippen molar-refractivity contribution < 1.29 is 9.59 Å². The topological polar surface area (TPSA) is 37.4 Å². The van der Waals surface area contributed by atoms with Gasteiger partial charge in [-0.2, -0.15) is 0 Å². The molecule has 0 bridgehead atoms. The Bertz CT molecular complexity index is 898. The van der Waals surface area contributed by atoms with Crippen LogP contribution in [0.25, 0.3) is 10.8 Å². The number of benzene rings is 3. The van der Waals surface area contributed by atoms with Crippen molar-refractivity contribution >= 4 is 50.9 Å². The third-order valence-electron chi connectivity index (χ3n) is 3.84. The molecular formula is C18H10INO2. The smallest absolute Gasteiger partial charge is 0.265 e. The van der Waals surface area contributed by atoms with Crippen LogP contribution in [-0.4, -0.2) is 11.8 Å². The third-order valence-corrected chi connectivity index (χ3v) is 4.51. The molecule has 1 aliphatic heterocycles. The van der Waals surface area contributed by atoms with Gasteiger partial charge in [-0.1, -0.05) is 30.3 Å². The van der Waals surface area contributed by atoms with Crippen LogP contribution < -0.4 is 4.90 Å². The van der Waals surface area contributed by atoms with Crippen molar-refractivity contribution in [2.45, 2.75) is 0 Å². The maximum Gasteiger partial charge on any atom is 0.265 e. The highest BCUT2D eigenvalue weighted by atomic mass is 127. The Morgan fingerprint density at radius 2 is 1.36 bits per heavy atom. The maximum absolute atomic E-state index is 12.8. The zero-order chi connectivity index (χ0) is 15.3. The summed E-state index contributed by atoms with van der Waals surface area (Å²) >= 11 is 2.17. The quantitative estimate of drug-likeness (QED) is 0.454. The lowest BCUT2D eigenvalue weighted by Crippen LogP contribution is -2.40. The van der Waals surface area contributed by atoms with Gasteiger partial charge in [0, 0.05) is 20.1 Å². The van der Waals surface area contributed by atoms with Crippen LogP contribution in [-0.2, 0) is 0 Å². The van der Waals surface area contributed by atoms with Crippen molar-refractivity contribution in [2.75, 3.05) is 4.90 Å². The van der Waals surface area contributed by atoms with Crippen molar-refractivity contribution in [2.24, 2.45) is 0 Å². The van der Waals surface area contributed by atoms with Crippen molar-refractivity contribution in [1.82, 2.24) is 0 Å². The zero-order valence-electron chi connectivity index (χ0n) is 11.4. The lowest BCUT2D eigenvalue weighted by molar-refractivity contribution is 0.0893. The van der Waals surface area contributed by atoms with Gasteiger partial charge in [-0.05, 0) is 58.3 Å². The van der Waals surface area contributed by atoms with E-state index >= 15 is 0 Å². The standard InChI is InChI=1S/C18H10INO2/c19-12-6-3-7-13(10-12)20-17(21)14-8-1-4-11-5-2-9-15(16(11)14)18(20)22/h1-10H. The summed E-state index contributed by atoms with van der Waals surface area (Å²) in [6.07, 6.45) is 0. The van der Waals surface area contributed by atoms with Gasteiger partial charge in [-0.25, -0.2) is 4.90 Å². The Hall–Kier alpha value is -2.21. The molecule has 0 aliphatic carbocycles. The van der Waals surface area contributed by atoms with Crippen molar-refractivity contribution in [3.63, 3.8) is 0 Å². The predicted molar refractivity (Wildman–Crippen MR) is 94.2 cm³/mol. The van der Waals surface area contributed by atoms with E-state index in [1.165, 1.54) is 4.90 Å². The van der Waals surface area contributed by atoms with Crippen molar-refractivity contribution in [1.29, 1.82) is 0 Å². The van der Waals surface area contributed by atoms with Gasteiger partial charge < -0.3 is 0 Å². The first-order valence-electron chi connectivity index (χ1n) is 6.83. The predicted octanol–water partition coefficient (Wildman–Crippen LogP) is 4.25. The second-order valence-corrected chi connectivity index (χ2v) is 6.38. The van der Waals surface area contributed by atoms with E-state index in [1.54, 1.807) is 18.2 Å². The largest absolute Gasteiger partial charge is 0.268 e. The first-order chi connectivity index (χ1) is 10.7. The Balaban J connectivity index is 2.00. The minimum Gasteiger partial charge on any atom is -0.268 e. The monoisotopic (exact) mass is 399 g/mol. The molecular weight excluding hydrogens is 389 g/mol. The second-order valence-electron chi connectivity index (χ2n) is 5.13. The number of halogens is 1. The summed E-state index contributed by atoms with van der Waals surface area (Å²) in [5, 5.41) is 1.67. The molecule has 1 aliphatic rings. The van der Waals surface area contributed by atoms with Gasteiger partial charge in [-0.15, -0.1) is 0 Å². The number of nitrogens with zero attached hydrogens (tertiary/aromatic N) is 1. The molecule has 0 spiro atoms. The molecule has 106 valence electrons. The van der Waals surface area contributed by atoms with E-state index in [-0.39, 0.29) is 11.8 Å². The Morgan fingerprint density at radius 1 is 0.773 bits per heavy atom. The summed E-state index contributed by atoms with van der Waals surface area (Å²) in [4.78, 5) is 26.9. The Morgan fingerprint density at radius 3 is 1.95 bits per heavy atom. The minimum atomic E-state index is -0.267. The summed E-state index contributed by atoms with van der Waals surface area (Å²) in [6.45, 7) is 0. The fourth-order valence-corrected chi connectivity index (χ4v) is 3.41. The molecule has 0 saturated heterocycles. The number of imide groups is 1. The molecule has 3 aromatic carbocycles. The number of amides is 2. The SMILES string of the molecule is O=C1c2cccc3cccc(c23)C(=O)N1c1cccc(I)c1. The third kappa shape index (κ3) is 1.87. The summed E-state index contributed by atoms with van der Waals surface area (Å²) in [7, 11) is 0. The molecule has 22 heavy (non-hydrogen) atoms.